The van der Waals surface area contributed by atoms with Gasteiger partial charge in [-0.2, -0.15) is 0 Å². The van der Waals surface area contributed by atoms with Gasteiger partial charge in [-0.3, -0.25) is 0 Å². The topological polar surface area (TPSA) is 0 Å². The predicted molar refractivity (Wildman–Crippen MR) is 89.3 cm³/mol. The molecule has 0 fully saturated rings. The third kappa shape index (κ3) is 5.97. The van der Waals surface area contributed by atoms with E-state index in [2.05, 4.69) is 75.5 Å². The highest BCUT2D eigenvalue weighted by atomic mass is 14.4. The molecule has 0 heterocycles. The van der Waals surface area contributed by atoms with Crippen molar-refractivity contribution in [1.82, 2.24) is 0 Å². The molecule has 0 spiro atoms. The van der Waals surface area contributed by atoms with Crippen molar-refractivity contribution < 1.29 is 0 Å². The van der Waals surface area contributed by atoms with Gasteiger partial charge in [-0.1, -0.05) is 72.8 Å². The fourth-order valence-corrected chi connectivity index (χ4v) is 3.78. The molecule has 0 aromatic carbocycles. The fourth-order valence-electron chi connectivity index (χ4n) is 3.78. The Kier molecular flexibility index (Phi) is 6.11. The molecule has 19 heavy (non-hydrogen) atoms. The summed E-state index contributed by atoms with van der Waals surface area (Å²) < 4.78 is 0. The highest BCUT2D eigenvalue weighted by Crippen LogP contribution is 2.45. The lowest BCUT2D eigenvalue weighted by Gasteiger charge is -2.42. The molecule has 112 valence electrons. The average molecular weight is 264 g/mol. The highest BCUT2D eigenvalue weighted by Gasteiger charge is 2.37. The molecule has 0 bridgehead atoms. The Morgan fingerprint density at radius 3 is 1.53 bits per heavy atom. The summed E-state index contributed by atoms with van der Waals surface area (Å²) in [5.41, 5.74) is 3.20. The minimum atomic E-state index is 0.238. The average Bonchev–Trinajstić information content (AvgIpc) is 2.06. The van der Waals surface area contributed by atoms with Crippen LogP contribution < -0.4 is 0 Å². The smallest absolute Gasteiger partial charge is 0.00920 e. The molecule has 3 atom stereocenters. The van der Waals surface area contributed by atoms with Crippen LogP contribution in [0.1, 0.15) is 68.7 Å². The van der Waals surface area contributed by atoms with Crippen molar-refractivity contribution in [3.8, 4) is 0 Å². The second-order valence-corrected chi connectivity index (χ2v) is 8.80. The lowest BCUT2D eigenvalue weighted by Crippen LogP contribution is -2.34. The molecule has 0 aromatic rings. The van der Waals surface area contributed by atoms with Crippen LogP contribution in [0.15, 0.2) is 24.3 Å². The summed E-state index contributed by atoms with van der Waals surface area (Å²) in [5, 5.41) is 0. The van der Waals surface area contributed by atoms with Crippen molar-refractivity contribution >= 4 is 0 Å². The predicted octanol–water partition coefficient (Wildman–Crippen LogP) is 6.49. The van der Waals surface area contributed by atoms with Crippen LogP contribution in [-0.2, 0) is 0 Å². The Bertz CT molecular complexity index is 319. The lowest BCUT2D eigenvalue weighted by molar-refractivity contribution is 0.145. The largest absolute Gasteiger partial charge is 0.0998 e. The van der Waals surface area contributed by atoms with E-state index in [1.165, 1.54) is 17.6 Å². The zero-order valence-corrected chi connectivity index (χ0v) is 14.9. The standard InChI is InChI=1S/C19H36/c1-13(2)16(15(5)12-18(6,7)8)17(14(3)4)19(9,10)11/h15-17H,1,3,12H2,2,4-11H3. The normalized spacial score (nSPS) is 17.7. The van der Waals surface area contributed by atoms with Gasteiger partial charge in [0.25, 0.3) is 0 Å². The van der Waals surface area contributed by atoms with Gasteiger partial charge in [0.15, 0.2) is 0 Å². The molecule has 0 nitrogen and oxygen atoms in total. The van der Waals surface area contributed by atoms with Crippen LogP contribution in [0.2, 0.25) is 0 Å². The molecule has 0 radical (unpaired) electrons. The zero-order chi connectivity index (χ0) is 15.6. The first-order valence-corrected chi connectivity index (χ1v) is 7.58. The van der Waals surface area contributed by atoms with Gasteiger partial charge in [0.05, 0.1) is 0 Å². The summed E-state index contributed by atoms with van der Waals surface area (Å²) in [7, 11) is 0. The molecule has 0 amide bonds. The number of allylic oxidation sites excluding steroid dienone is 2. The first kappa shape index (κ1) is 18.5. The van der Waals surface area contributed by atoms with E-state index in [0.29, 0.717) is 23.2 Å². The Balaban J connectivity index is 5.40. The monoisotopic (exact) mass is 264 g/mol. The van der Waals surface area contributed by atoms with Gasteiger partial charge in [0.1, 0.15) is 0 Å². The summed E-state index contributed by atoms with van der Waals surface area (Å²) in [4.78, 5) is 0. The van der Waals surface area contributed by atoms with E-state index in [1.807, 2.05) is 0 Å². The van der Waals surface area contributed by atoms with Crippen molar-refractivity contribution in [2.75, 3.05) is 0 Å². The van der Waals surface area contributed by atoms with Gasteiger partial charge in [-0.25, -0.2) is 0 Å². The van der Waals surface area contributed by atoms with Crippen molar-refractivity contribution in [3.63, 3.8) is 0 Å². The van der Waals surface area contributed by atoms with Gasteiger partial charge in [-0.05, 0) is 48.9 Å². The fraction of sp³-hybridized carbons (Fsp3) is 0.789. The quantitative estimate of drug-likeness (QED) is 0.498. The van der Waals surface area contributed by atoms with E-state index < -0.39 is 0 Å². The van der Waals surface area contributed by atoms with Gasteiger partial charge in [-0.15, -0.1) is 0 Å². The Hall–Kier alpha value is -0.520. The highest BCUT2D eigenvalue weighted by molar-refractivity contribution is 5.13. The molecule has 0 aromatic heterocycles. The third-order valence-electron chi connectivity index (χ3n) is 3.94. The number of hydrogen-bond acceptors (Lipinski definition) is 0. The zero-order valence-electron chi connectivity index (χ0n) is 14.9. The Morgan fingerprint density at radius 2 is 1.32 bits per heavy atom. The summed E-state index contributed by atoms with van der Waals surface area (Å²) in [6, 6.07) is 0. The van der Waals surface area contributed by atoms with Crippen molar-refractivity contribution in [2.45, 2.75) is 68.7 Å². The molecule has 0 rings (SSSR count). The minimum Gasteiger partial charge on any atom is -0.0998 e. The molecule has 0 heteroatoms. The van der Waals surface area contributed by atoms with Gasteiger partial charge in [0.2, 0.25) is 0 Å². The second-order valence-electron chi connectivity index (χ2n) is 8.80. The van der Waals surface area contributed by atoms with E-state index >= 15 is 0 Å². The van der Waals surface area contributed by atoms with Gasteiger partial charge < -0.3 is 0 Å². The van der Waals surface area contributed by atoms with Gasteiger partial charge in [0, 0.05) is 0 Å². The second kappa shape index (κ2) is 6.29. The molecule has 0 N–H and O–H groups in total. The van der Waals surface area contributed by atoms with Crippen LogP contribution >= 0.6 is 0 Å². The maximum Gasteiger partial charge on any atom is -0.00920 e. The van der Waals surface area contributed by atoms with E-state index in [9.17, 15) is 0 Å². The molecule has 0 aliphatic carbocycles. The maximum atomic E-state index is 4.28. The summed E-state index contributed by atoms with van der Waals surface area (Å²) >= 11 is 0. The van der Waals surface area contributed by atoms with Crippen LogP contribution in [0.5, 0.6) is 0 Å². The minimum absolute atomic E-state index is 0.238. The molecule has 3 unspecified atom stereocenters. The number of hydrogen-bond donors (Lipinski definition) is 0. The Labute approximate surface area is 122 Å². The Morgan fingerprint density at radius 1 is 0.895 bits per heavy atom. The summed E-state index contributed by atoms with van der Waals surface area (Å²) in [6.45, 7) is 29.2. The molecular weight excluding hydrogens is 228 g/mol. The van der Waals surface area contributed by atoms with Crippen LogP contribution in [0.4, 0.5) is 0 Å². The first-order valence-electron chi connectivity index (χ1n) is 7.58. The third-order valence-corrected chi connectivity index (χ3v) is 3.94. The van der Waals surface area contributed by atoms with E-state index in [0.717, 1.165) is 0 Å². The molecular formula is C19H36. The summed E-state index contributed by atoms with van der Waals surface area (Å²) in [6.07, 6.45) is 1.23. The van der Waals surface area contributed by atoms with E-state index in [4.69, 9.17) is 0 Å². The number of rotatable bonds is 5. The molecule has 0 saturated heterocycles. The van der Waals surface area contributed by atoms with E-state index in [-0.39, 0.29) is 5.41 Å². The van der Waals surface area contributed by atoms with Crippen LogP contribution in [0, 0.1) is 28.6 Å². The SMILES string of the molecule is C=C(C)C(C(C)CC(C)(C)C)C(C(=C)C)C(C)(C)C. The summed E-state index contributed by atoms with van der Waals surface area (Å²) in [5.74, 6) is 1.66. The maximum absolute atomic E-state index is 4.28. The van der Waals surface area contributed by atoms with Crippen LogP contribution in [-0.4, -0.2) is 0 Å². The van der Waals surface area contributed by atoms with Gasteiger partial charge >= 0.3 is 0 Å². The van der Waals surface area contributed by atoms with E-state index in [1.54, 1.807) is 0 Å². The molecule has 0 aliphatic rings. The van der Waals surface area contributed by atoms with Crippen molar-refractivity contribution in [2.24, 2.45) is 28.6 Å². The van der Waals surface area contributed by atoms with Crippen LogP contribution in [0.25, 0.3) is 0 Å². The van der Waals surface area contributed by atoms with Crippen molar-refractivity contribution in [1.29, 1.82) is 0 Å². The first-order chi connectivity index (χ1) is 8.27. The molecule has 0 aliphatic heterocycles. The molecule has 0 saturated carbocycles. The van der Waals surface area contributed by atoms with Crippen molar-refractivity contribution in [3.05, 3.63) is 24.3 Å². The van der Waals surface area contributed by atoms with Crippen LogP contribution in [0.3, 0.4) is 0 Å². The lowest BCUT2D eigenvalue weighted by atomic mass is 9.62.